The van der Waals surface area contributed by atoms with Gasteiger partial charge in [-0.25, -0.2) is 0 Å². The Kier molecular flexibility index (Phi) is 8.30. The molecule has 13 aromatic rings. The lowest BCUT2D eigenvalue weighted by Gasteiger charge is -2.35. The zero-order valence-corrected chi connectivity index (χ0v) is 36.7. The summed E-state index contributed by atoms with van der Waals surface area (Å²) < 4.78 is 0. The van der Waals surface area contributed by atoms with Crippen LogP contribution in [0.3, 0.4) is 0 Å². The van der Waals surface area contributed by atoms with Crippen LogP contribution >= 0.6 is 0 Å². The van der Waals surface area contributed by atoms with Gasteiger partial charge in [-0.1, -0.05) is 237 Å². The highest BCUT2D eigenvalue weighted by Gasteiger charge is 2.49. The van der Waals surface area contributed by atoms with E-state index >= 15 is 0 Å². The summed E-state index contributed by atoms with van der Waals surface area (Å²) in [5, 5.41) is 15.2. The summed E-state index contributed by atoms with van der Waals surface area (Å²) in [5.74, 6) is 0. The van der Waals surface area contributed by atoms with Crippen LogP contribution in [0.4, 0.5) is 0 Å². The molecule has 1 aliphatic carbocycles. The fourth-order valence-corrected chi connectivity index (χ4v) is 12.2. The van der Waals surface area contributed by atoms with Gasteiger partial charge >= 0.3 is 0 Å². The largest absolute Gasteiger partial charge is 0.0725 e. The van der Waals surface area contributed by atoms with Crippen LogP contribution in [-0.2, 0) is 5.41 Å². The number of fused-ring (bicyclic) bond motifs is 13. The molecule has 0 saturated carbocycles. The van der Waals surface area contributed by atoms with E-state index in [1.807, 2.05) is 0 Å². The maximum Gasteiger partial charge on any atom is 0.0725 e. The summed E-state index contributed by atoms with van der Waals surface area (Å²) in [6.45, 7) is 0. The second-order valence-corrected chi connectivity index (χ2v) is 18.2. The first-order valence-corrected chi connectivity index (χ1v) is 23.4. The molecular formula is C67H42. The van der Waals surface area contributed by atoms with Crippen molar-refractivity contribution in [2.45, 2.75) is 5.41 Å². The van der Waals surface area contributed by atoms with Gasteiger partial charge in [0.25, 0.3) is 0 Å². The van der Waals surface area contributed by atoms with E-state index in [0.29, 0.717) is 0 Å². The molecule has 310 valence electrons. The van der Waals surface area contributed by atoms with E-state index in [4.69, 9.17) is 0 Å². The van der Waals surface area contributed by atoms with Crippen molar-refractivity contribution in [2.75, 3.05) is 0 Å². The number of rotatable bonds is 5. The molecule has 0 aromatic heterocycles. The predicted molar refractivity (Wildman–Crippen MR) is 285 cm³/mol. The zero-order chi connectivity index (χ0) is 44.1. The third kappa shape index (κ3) is 5.42. The molecule has 1 aliphatic rings. The highest BCUT2D eigenvalue weighted by atomic mass is 14.5. The van der Waals surface area contributed by atoms with Gasteiger partial charge in [-0.15, -0.1) is 0 Å². The van der Waals surface area contributed by atoms with Crippen LogP contribution < -0.4 is 0 Å². The van der Waals surface area contributed by atoms with Gasteiger partial charge in [-0.2, -0.15) is 0 Å². The molecule has 0 atom stereocenters. The molecule has 0 heterocycles. The maximum absolute atomic E-state index is 2.55. The van der Waals surface area contributed by atoms with E-state index in [0.717, 1.165) is 0 Å². The highest BCUT2D eigenvalue weighted by Crippen LogP contribution is 2.62. The third-order valence-corrected chi connectivity index (χ3v) is 14.8. The topological polar surface area (TPSA) is 0 Å². The van der Waals surface area contributed by atoms with Crippen LogP contribution in [0.1, 0.15) is 22.3 Å². The predicted octanol–water partition coefficient (Wildman–Crippen LogP) is 18.0. The van der Waals surface area contributed by atoms with Crippen molar-refractivity contribution in [3.63, 3.8) is 0 Å². The van der Waals surface area contributed by atoms with Gasteiger partial charge in [0.15, 0.2) is 0 Å². The summed E-state index contributed by atoms with van der Waals surface area (Å²) in [7, 11) is 0. The van der Waals surface area contributed by atoms with E-state index in [1.54, 1.807) is 0 Å². The molecule has 0 spiro atoms. The summed E-state index contributed by atoms with van der Waals surface area (Å²) in [6, 6.07) is 95.4. The van der Waals surface area contributed by atoms with Crippen molar-refractivity contribution in [1.29, 1.82) is 0 Å². The molecular weight excluding hydrogens is 805 g/mol. The van der Waals surface area contributed by atoms with Crippen LogP contribution in [0.5, 0.6) is 0 Å². The monoisotopic (exact) mass is 846 g/mol. The normalized spacial score (nSPS) is 12.9. The Balaban J connectivity index is 1.08. The standard InChI is InChI=1S/C67H42/c1-3-24-48(25-4-1)67(49-26-5-2-6-27-49)65-58-36-17-11-30-52(58)60(42-61(65)64-53-31-12-9-28-50(53)51-29-10-18-37-59(51)66(64)67)45-22-19-23-46(41-45)62-54-32-13-15-34-56(54)63(57-35-16-14-33-55(57)62)47-39-38-43-20-7-8-21-44(43)40-47/h1-42H. The number of hydrogen-bond acceptors (Lipinski definition) is 0. The van der Waals surface area contributed by atoms with Gasteiger partial charge in [0, 0.05) is 0 Å². The zero-order valence-electron chi connectivity index (χ0n) is 36.7. The molecule has 0 unspecified atom stereocenters. The summed E-state index contributed by atoms with van der Waals surface area (Å²) >= 11 is 0. The van der Waals surface area contributed by atoms with Crippen molar-refractivity contribution in [2.24, 2.45) is 0 Å². The van der Waals surface area contributed by atoms with Crippen LogP contribution in [0.25, 0.3) is 109 Å². The fraction of sp³-hybridized carbons (Fsp3) is 0.0149. The van der Waals surface area contributed by atoms with Gasteiger partial charge in [0.1, 0.15) is 0 Å². The molecule has 0 fully saturated rings. The van der Waals surface area contributed by atoms with Crippen LogP contribution in [0.2, 0.25) is 0 Å². The van der Waals surface area contributed by atoms with Crippen molar-refractivity contribution in [1.82, 2.24) is 0 Å². The minimum absolute atomic E-state index is 0.596. The second-order valence-electron chi connectivity index (χ2n) is 18.2. The van der Waals surface area contributed by atoms with Gasteiger partial charge < -0.3 is 0 Å². The average molecular weight is 847 g/mol. The van der Waals surface area contributed by atoms with Crippen molar-refractivity contribution < 1.29 is 0 Å². The van der Waals surface area contributed by atoms with Crippen LogP contribution in [0, 0.1) is 0 Å². The first-order valence-electron chi connectivity index (χ1n) is 23.4. The van der Waals surface area contributed by atoms with E-state index in [2.05, 4.69) is 255 Å². The summed E-state index contributed by atoms with van der Waals surface area (Å²) in [6.07, 6.45) is 0. The first kappa shape index (κ1) is 37.8. The van der Waals surface area contributed by atoms with E-state index in [-0.39, 0.29) is 0 Å². The Morgan fingerprint density at radius 2 is 0.627 bits per heavy atom. The Labute approximate surface area is 389 Å². The summed E-state index contributed by atoms with van der Waals surface area (Å²) in [4.78, 5) is 0. The third-order valence-electron chi connectivity index (χ3n) is 14.8. The van der Waals surface area contributed by atoms with Gasteiger partial charge in [-0.3, -0.25) is 0 Å². The molecule has 0 bridgehead atoms. The molecule has 0 nitrogen and oxygen atoms in total. The first-order chi connectivity index (χ1) is 33.3. The minimum atomic E-state index is -0.596. The Hall–Kier alpha value is -8.58. The van der Waals surface area contributed by atoms with Gasteiger partial charge in [-0.05, 0) is 150 Å². The smallest absolute Gasteiger partial charge is 0.0622 e. The average Bonchev–Trinajstić information content (AvgIpc) is 3.73. The number of benzene rings is 13. The molecule has 0 radical (unpaired) electrons. The summed E-state index contributed by atoms with van der Waals surface area (Å²) in [5.41, 5.74) is 14.7. The lowest BCUT2D eigenvalue weighted by molar-refractivity contribution is 0.783. The molecule has 67 heavy (non-hydrogen) atoms. The Bertz CT molecular complexity index is 4040. The van der Waals surface area contributed by atoms with Crippen molar-refractivity contribution >= 4 is 64.6 Å². The van der Waals surface area contributed by atoms with Crippen LogP contribution in [0.15, 0.2) is 255 Å². The van der Waals surface area contributed by atoms with Gasteiger partial charge in [0.05, 0.1) is 5.41 Å². The second kappa shape index (κ2) is 14.7. The van der Waals surface area contributed by atoms with E-state index in [1.165, 1.54) is 131 Å². The SMILES string of the molecule is c1ccc(C2(c3ccccc3)c3c(cc(-c4cccc(-c5c6ccccc6c(-c6ccc7ccccc7c6)c6ccccc56)c4)c4ccccc34)-c3c2c2ccccc2c2ccccc32)cc1. The molecule has 14 rings (SSSR count). The van der Waals surface area contributed by atoms with Gasteiger partial charge in [0.2, 0.25) is 0 Å². The molecule has 13 aromatic carbocycles. The Morgan fingerprint density at radius 3 is 1.21 bits per heavy atom. The highest BCUT2D eigenvalue weighted by molar-refractivity contribution is 6.23. The molecule has 0 saturated heterocycles. The lowest BCUT2D eigenvalue weighted by atomic mass is 9.65. The quantitative estimate of drug-likeness (QED) is 0.120. The van der Waals surface area contributed by atoms with Crippen molar-refractivity contribution in [3.05, 3.63) is 277 Å². The fourth-order valence-electron chi connectivity index (χ4n) is 12.2. The Morgan fingerprint density at radius 1 is 0.209 bits per heavy atom. The van der Waals surface area contributed by atoms with E-state index < -0.39 is 5.41 Å². The minimum Gasteiger partial charge on any atom is -0.0622 e. The van der Waals surface area contributed by atoms with Crippen molar-refractivity contribution in [3.8, 4) is 44.5 Å². The molecule has 0 amide bonds. The molecule has 0 N–H and O–H groups in total. The van der Waals surface area contributed by atoms with E-state index in [9.17, 15) is 0 Å². The number of hydrogen-bond donors (Lipinski definition) is 0. The lowest BCUT2D eigenvalue weighted by Crippen LogP contribution is -2.29. The maximum atomic E-state index is 2.55. The molecule has 0 heteroatoms. The molecule has 0 aliphatic heterocycles. The van der Waals surface area contributed by atoms with Crippen LogP contribution in [-0.4, -0.2) is 0 Å².